The van der Waals surface area contributed by atoms with Crippen molar-refractivity contribution in [1.82, 2.24) is 20.6 Å². The number of hydroxylamine groups is 1. The number of nitrogens with zero attached hydrogens (tertiary/aromatic N) is 3. The van der Waals surface area contributed by atoms with Crippen molar-refractivity contribution in [2.45, 2.75) is 6.18 Å². The maximum Gasteiger partial charge on any atom is 0.417 e. The molecule has 2 aromatic rings. The SMILES string of the molecule is ON1C=CC=C(Nc2ncc(-c3ccc(C(F)(F)F)cn3)o2)N1. The number of nitrogens with one attached hydrogen (secondary N) is 2. The lowest BCUT2D eigenvalue weighted by Gasteiger charge is -2.19. The summed E-state index contributed by atoms with van der Waals surface area (Å²) in [5.41, 5.74) is 1.92. The fraction of sp³-hybridized carbons (Fsp3) is 0.0769. The van der Waals surface area contributed by atoms with Crippen LogP contribution >= 0.6 is 0 Å². The van der Waals surface area contributed by atoms with Gasteiger partial charge in [0, 0.05) is 6.20 Å². The van der Waals surface area contributed by atoms with E-state index >= 15 is 0 Å². The molecule has 0 unspecified atom stereocenters. The molecular weight excluding hydrogens is 315 g/mol. The predicted molar refractivity (Wildman–Crippen MR) is 72.3 cm³/mol. The second kappa shape index (κ2) is 5.65. The molecule has 0 fully saturated rings. The van der Waals surface area contributed by atoms with Crippen molar-refractivity contribution in [1.29, 1.82) is 0 Å². The zero-order valence-electron chi connectivity index (χ0n) is 11.4. The summed E-state index contributed by atoms with van der Waals surface area (Å²) in [5, 5.41) is 12.7. The van der Waals surface area contributed by atoms with Crippen LogP contribution in [0.15, 0.2) is 53.1 Å². The number of hydrazine groups is 1. The van der Waals surface area contributed by atoms with Crippen molar-refractivity contribution in [2.24, 2.45) is 0 Å². The van der Waals surface area contributed by atoms with Crippen LogP contribution in [0.3, 0.4) is 0 Å². The summed E-state index contributed by atoms with van der Waals surface area (Å²) in [5.74, 6) is 0.595. The average molecular weight is 325 g/mol. The lowest BCUT2D eigenvalue weighted by Crippen LogP contribution is -2.34. The topological polar surface area (TPSA) is 86.5 Å². The molecule has 3 N–H and O–H groups in total. The van der Waals surface area contributed by atoms with E-state index in [0.717, 1.165) is 17.4 Å². The Hall–Kier alpha value is -3.01. The minimum atomic E-state index is -4.44. The minimum absolute atomic E-state index is 0.0872. The Morgan fingerprint density at radius 3 is 2.70 bits per heavy atom. The quantitative estimate of drug-likeness (QED) is 0.800. The van der Waals surface area contributed by atoms with Gasteiger partial charge in [0.15, 0.2) is 5.76 Å². The molecule has 120 valence electrons. The Kier molecular flexibility index (Phi) is 3.66. The zero-order valence-corrected chi connectivity index (χ0v) is 11.4. The number of rotatable bonds is 3. The van der Waals surface area contributed by atoms with Crippen molar-refractivity contribution in [2.75, 3.05) is 5.32 Å². The Morgan fingerprint density at radius 2 is 2.04 bits per heavy atom. The third kappa shape index (κ3) is 3.43. The van der Waals surface area contributed by atoms with E-state index < -0.39 is 11.7 Å². The molecule has 23 heavy (non-hydrogen) atoms. The van der Waals surface area contributed by atoms with Gasteiger partial charge in [0.05, 0.1) is 18.0 Å². The molecule has 0 aromatic carbocycles. The normalized spacial score (nSPS) is 14.4. The molecule has 1 aliphatic rings. The summed E-state index contributed by atoms with van der Waals surface area (Å²) in [4.78, 5) is 7.65. The number of hydrogen-bond acceptors (Lipinski definition) is 7. The summed E-state index contributed by atoms with van der Waals surface area (Å²) in [6.45, 7) is 0. The monoisotopic (exact) mass is 325 g/mol. The van der Waals surface area contributed by atoms with Gasteiger partial charge in [0.1, 0.15) is 11.5 Å². The molecule has 0 amide bonds. The first kappa shape index (κ1) is 14.9. The van der Waals surface area contributed by atoms with Crippen LogP contribution < -0.4 is 10.7 Å². The van der Waals surface area contributed by atoms with E-state index in [-0.39, 0.29) is 17.5 Å². The van der Waals surface area contributed by atoms with Crippen LogP contribution in [-0.2, 0) is 6.18 Å². The minimum Gasteiger partial charge on any atom is -0.422 e. The molecule has 0 bridgehead atoms. The number of pyridine rings is 1. The highest BCUT2D eigenvalue weighted by Gasteiger charge is 2.30. The van der Waals surface area contributed by atoms with Gasteiger partial charge in [-0.1, -0.05) is 0 Å². The number of aromatic nitrogens is 2. The molecule has 1 aliphatic heterocycles. The van der Waals surface area contributed by atoms with Crippen molar-refractivity contribution in [3.05, 3.63) is 54.3 Å². The number of alkyl halides is 3. The lowest BCUT2D eigenvalue weighted by molar-refractivity contribution is -0.137. The number of hydrogen-bond donors (Lipinski definition) is 3. The average Bonchev–Trinajstić information content (AvgIpc) is 2.95. The van der Waals surface area contributed by atoms with Gasteiger partial charge in [-0.05, 0) is 24.3 Å². The van der Waals surface area contributed by atoms with Gasteiger partial charge in [-0.3, -0.25) is 20.9 Å². The van der Waals surface area contributed by atoms with Crippen LogP contribution in [-0.4, -0.2) is 20.3 Å². The maximum absolute atomic E-state index is 12.5. The van der Waals surface area contributed by atoms with Crippen LogP contribution in [0, 0.1) is 0 Å². The molecule has 0 atom stereocenters. The van der Waals surface area contributed by atoms with Gasteiger partial charge < -0.3 is 4.42 Å². The van der Waals surface area contributed by atoms with Gasteiger partial charge >= 0.3 is 12.2 Å². The molecule has 10 heteroatoms. The van der Waals surface area contributed by atoms with Crippen LogP contribution in [0.5, 0.6) is 0 Å². The highest BCUT2D eigenvalue weighted by atomic mass is 19.4. The van der Waals surface area contributed by atoms with E-state index in [1.165, 1.54) is 18.5 Å². The summed E-state index contributed by atoms with van der Waals surface area (Å²) >= 11 is 0. The highest BCUT2D eigenvalue weighted by Crippen LogP contribution is 2.30. The fourth-order valence-electron chi connectivity index (χ4n) is 1.76. The maximum atomic E-state index is 12.5. The number of halogens is 3. The first-order valence-corrected chi connectivity index (χ1v) is 6.31. The number of anilines is 1. The summed E-state index contributed by atoms with van der Waals surface area (Å²) < 4.78 is 42.8. The Morgan fingerprint density at radius 1 is 1.22 bits per heavy atom. The van der Waals surface area contributed by atoms with Gasteiger partial charge in [-0.25, -0.2) is 4.98 Å². The standard InChI is InChI=1S/C13H10F3N5O2/c14-13(15,16)8-3-4-9(17-6-8)10-7-18-12(23-10)19-11-2-1-5-21(22)20-11/h1-7,20,22H,(H,18,19). The number of oxazole rings is 1. The third-order valence-corrected chi connectivity index (χ3v) is 2.82. The molecule has 7 nitrogen and oxygen atoms in total. The fourth-order valence-corrected chi connectivity index (χ4v) is 1.76. The third-order valence-electron chi connectivity index (χ3n) is 2.82. The van der Waals surface area contributed by atoms with E-state index in [1.54, 1.807) is 12.2 Å². The van der Waals surface area contributed by atoms with Crippen molar-refractivity contribution in [3.8, 4) is 11.5 Å². The van der Waals surface area contributed by atoms with Gasteiger partial charge in [0.2, 0.25) is 0 Å². The van der Waals surface area contributed by atoms with Crippen LogP contribution in [0.2, 0.25) is 0 Å². The van der Waals surface area contributed by atoms with Gasteiger partial charge in [0.25, 0.3) is 0 Å². The molecule has 0 radical (unpaired) electrons. The molecule has 3 rings (SSSR count). The lowest BCUT2D eigenvalue weighted by atomic mass is 10.2. The largest absolute Gasteiger partial charge is 0.422 e. The molecule has 2 aromatic heterocycles. The molecular formula is C13H10F3N5O2. The second-order valence-electron chi connectivity index (χ2n) is 4.46. The van der Waals surface area contributed by atoms with Crippen LogP contribution in [0.25, 0.3) is 11.5 Å². The Balaban J connectivity index is 1.74. The highest BCUT2D eigenvalue weighted by molar-refractivity contribution is 5.53. The van der Waals surface area contributed by atoms with Crippen molar-refractivity contribution in [3.63, 3.8) is 0 Å². The van der Waals surface area contributed by atoms with Crippen molar-refractivity contribution >= 4 is 6.01 Å². The predicted octanol–water partition coefficient (Wildman–Crippen LogP) is 2.73. The van der Waals surface area contributed by atoms with E-state index in [2.05, 4.69) is 20.7 Å². The molecule has 0 saturated heterocycles. The van der Waals surface area contributed by atoms with E-state index in [1.807, 2.05) is 0 Å². The van der Waals surface area contributed by atoms with Gasteiger partial charge in [-0.15, -0.1) is 0 Å². The first-order valence-electron chi connectivity index (χ1n) is 6.31. The Labute approximate surface area is 127 Å². The van der Waals surface area contributed by atoms with E-state index in [4.69, 9.17) is 4.42 Å². The second-order valence-corrected chi connectivity index (χ2v) is 4.46. The first-order chi connectivity index (χ1) is 10.9. The van der Waals surface area contributed by atoms with Gasteiger partial charge in [-0.2, -0.15) is 18.3 Å². The molecule has 0 spiro atoms. The van der Waals surface area contributed by atoms with E-state index in [9.17, 15) is 18.4 Å². The molecule has 0 saturated carbocycles. The smallest absolute Gasteiger partial charge is 0.417 e. The van der Waals surface area contributed by atoms with Crippen LogP contribution in [0.1, 0.15) is 5.56 Å². The Bertz CT molecular complexity index is 752. The summed E-state index contributed by atoms with van der Waals surface area (Å²) in [6, 6.07) is 2.20. The van der Waals surface area contributed by atoms with E-state index in [0.29, 0.717) is 5.82 Å². The van der Waals surface area contributed by atoms with Crippen molar-refractivity contribution < 1.29 is 22.8 Å². The number of allylic oxidation sites excluding steroid dienone is 2. The molecule has 3 heterocycles. The zero-order chi connectivity index (χ0) is 16.4. The summed E-state index contributed by atoms with van der Waals surface area (Å²) in [7, 11) is 0. The summed E-state index contributed by atoms with van der Waals surface area (Å²) in [6.07, 6.45) is 2.17. The molecule has 0 aliphatic carbocycles. The van der Waals surface area contributed by atoms with Crippen LogP contribution in [0.4, 0.5) is 19.2 Å².